The van der Waals surface area contributed by atoms with Gasteiger partial charge in [0.1, 0.15) is 6.54 Å². The quantitative estimate of drug-likeness (QED) is 0.842. The van der Waals surface area contributed by atoms with Crippen molar-refractivity contribution in [2.45, 2.75) is 39.2 Å². The van der Waals surface area contributed by atoms with Crippen LogP contribution in [0.1, 0.15) is 19.5 Å². The van der Waals surface area contributed by atoms with E-state index < -0.39 is 12.7 Å². The molecule has 0 saturated heterocycles. The standard InChI is InChI=1S/C9H14F3N3/c1-7(2)13-3-8-4-15(6-14-8)5-9(10,11)12/h4,6-7,13H,3,5H2,1-2H3. The van der Waals surface area contributed by atoms with Crippen molar-refractivity contribution < 1.29 is 13.2 Å². The number of imidazole rings is 1. The first-order valence-corrected chi connectivity index (χ1v) is 4.67. The second-order valence-electron chi connectivity index (χ2n) is 3.69. The van der Waals surface area contributed by atoms with Gasteiger partial charge in [-0.1, -0.05) is 13.8 Å². The maximum Gasteiger partial charge on any atom is 0.406 e. The normalized spacial score (nSPS) is 12.4. The SMILES string of the molecule is CC(C)NCc1cn(CC(F)(F)F)cn1. The Hall–Kier alpha value is -1.04. The van der Waals surface area contributed by atoms with Crippen LogP contribution in [0.5, 0.6) is 0 Å². The summed E-state index contributed by atoms with van der Waals surface area (Å²) in [5.74, 6) is 0. The smallest absolute Gasteiger partial charge is 0.328 e. The van der Waals surface area contributed by atoms with E-state index in [1.54, 1.807) is 0 Å². The van der Waals surface area contributed by atoms with Crippen LogP contribution in [0, 0.1) is 0 Å². The molecule has 0 radical (unpaired) electrons. The highest BCUT2D eigenvalue weighted by molar-refractivity contribution is 4.96. The Bertz CT molecular complexity index is 304. The Balaban J connectivity index is 2.49. The molecule has 1 heterocycles. The van der Waals surface area contributed by atoms with Gasteiger partial charge in [-0.25, -0.2) is 4.98 Å². The minimum Gasteiger partial charge on any atom is -0.328 e. The number of nitrogens with zero attached hydrogens (tertiary/aromatic N) is 2. The van der Waals surface area contributed by atoms with Crippen LogP contribution in [0.15, 0.2) is 12.5 Å². The Labute approximate surface area is 86.3 Å². The highest BCUT2D eigenvalue weighted by atomic mass is 19.4. The average Bonchev–Trinajstić information content (AvgIpc) is 2.45. The molecule has 0 unspecified atom stereocenters. The molecule has 0 spiro atoms. The maximum atomic E-state index is 12.0. The van der Waals surface area contributed by atoms with Gasteiger partial charge in [0.15, 0.2) is 0 Å². The molecule has 0 aliphatic heterocycles. The van der Waals surface area contributed by atoms with E-state index in [2.05, 4.69) is 10.3 Å². The molecule has 0 aromatic carbocycles. The van der Waals surface area contributed by atoms with Crippen LogP contribution < -0.4 is 5.32 Å². The molecule has 1 rings (SSSR count). The topological polar surface area (TPSA) is 29.9 Å². The Morgan fingerprint density at radius 3 is 2.67 bits per heavy atom. The van der Waals surface area contributed by atoms with Crippen molar-refractivity contribution in [1.29, 1.82) is 0 Å². The molecule has 3 nitrogen and oxygen atoms in total. The summed E-state index contributed by atoms with van der Waals surface area (Å²) in [7, 11) is 0. The summed E-state index contributed by atoms with van der Waals surface area (Å²) in [6, 6.07) is 0.290. The number of halogens is 3. The largest absolute Gasteiger partial charge is 0.406 e. The van der Waals surface area contributed by atoms with Crippen LogP contribution in [-0.2, 0) is 13.1 Å². The van der Waals surface area contributed by atoms with Crippen LogP contribution in [-0.4, -0.2) is 21.8 Å². The van der Waals surface area contributed by atoms with Gasteiger partial charge in [-0.15, -0.1) is 0 Å². The lowest BCUT2D eigenvalue weighted by atomic mass is 10.3. The van der Waals surface area contributed by atoms with Crippen molar-refractivity contribution in [3.05, 3.63) is 18.2 Å². The summed E-state index contributed by atoms with van der Waals surface area (Å²) >= 11 is 0. The van der Waals surface area contributed by atoms with Gasteiger partial charge in [-0.2, -0.15) is 13.2 Å². The van der Waals surface area contributed by atoms with Gasteiger partial charge < -0.3 is 9.88 Å². The van der Waals surface area contributed by atoms with E-state index in [9.17, 15) is 13.2 Å². The fourth-order valence-electron chi connectivity index (χ4n) is 1.10. The second-order valence-corrected chi connectivity index (χ2v) is 3.69. The van der Waals surface area contributed by atoms with Gasteiger partial charge in [-0.3, -0.25) is 0 Å². The zero-order valence-corrected chi connectivity index (χ0v) is 8.67. The molecule has 6 heteroatoms. The number of rotatable bonds is 4. The van der Waals surface area contributed by atoms with E-state index in [1.807, 2.05) is 13.8 Å². The number of nitrogens with one attached hydrogen (secondary N) is 1. The molecule has 0 saturated carbocycles. The number of hydrogen-bond acceptors (Lipinski definition) is 2. The first-order chi connectivity index (χ1) is 6.87. The molecule has 0 aliphatic rings. The highest BCUT2D eigenvalue weighted by Crippen LogP contribution is 2.17. The van der Waals surface area contributed by atoms with Gasteiger partial charge >= 0.3 is 6.18 Å². The van der Waals surface area contributed by atoms with E-state index in [0.29, 0.717) is 12.2 Å². The lowest BCUT2D eigenvalue weighted by Crippen LogP contribution is -2.22. The van der Waals surface area contributed by atoms with Crippen LogP contribution in [0.3, 0.4) is 0 Å². The predicted molar refractivity (Wildman–Crippen MR) is 50.3 cm³/mol. The zero-order valence-electron chi connectivity index (χ0n) is 8.67. The van der Waals surface area contributed by atoms with Crippen LogP contribution >= 0.6 is 0 Å². The lowest BCUT2D eigenvalue weighted by molar-refractivity contribution is -0.140. The molecule has 0 aliphatic carbocycles. The minimum atomic E-state index is -4.19. The molecule has 0 amide bonds. The molecule has 86 valence electrons. The third-order valence-electron chi connectivity index (χ3n) is 1.74. The predicted octanol–water partition coefficient (Wildman–Crippen LogP) is 1.94. The van der Waals surface area contributed by atoms with E-state index in [4.69, 9.17) is 0 Å². The fourth-order valence-corrected chi connectivity index (χ4v) is 1.10. The molecule has 15 heavy (non-hydrogen) atoms. The first kappa shape index (κ1) is 12.0. The summed E-state index contributed by atoms with van der Waals surface area (Å²) in [5, 5.41) is 3.08. The number of alkyl halides is 3. The molecular weight excluding hydrogens is 207 g/mol. The van der Waals surface area contributed by atoms with Crippen molar-refractivity contribution in [1.82, 2.24) is 14.9 Å². The molecule has 0 fully saturated rings. The fraction of sp³-hybridized carbons (Fsp3) is 0.667. The average molecular weight is 221 g/mol. The molecule has 1 aromatic heterocycles. The molecule has 1 N–H and O–H groups in total. The van der Waals surface area contributed by atoms with Gasteiger partial charge in [0, 0.05) is 18.8 Å². The number of aromatic nitrogens is 2. The summed E-state index contributed by atoms with van der Waals surface area (Å²) < 4.78 is 37.0. The molecule has 1 aromatic rings. The van der Waals surface area contributed by atoms with Crippen molar-refractivity contribution in [2.75, 3.05) is 0 Å². The van der Waals surface area contributed by atoms with Crippen LogP contribution in [0.2, 0.25) is 0 Å². The van der Waals surface area contributed by atoms with Crippen molar-refractivity contribution in [2.24, 2.45) is 0 Å². The second kappa shape index (κ2) is 4.65. The van der Waals surface area contributed by atoms with Crippen molar-refractivity contribution in [3.8, 4) is 0 Å². The molecule has 0 bridgehead atoms. The summed E-state index contributed by atoms with van der Waals surface area (Å²) in [5.41, 5.74) is 0.618. The van der Waals surface area contributed by atoms with E-state index in [-0.39, 0.29) is 6.04 Å². The monoisotopic (exact) mass is 221 g/mol. The van der Waals surface area contributed by atoms with Crippen LogP contribution in [0.25, 0.3) is 0 Å². The number of hydrogen-bond donors (Lipinski definition) is 1. The minimum absolute atomic E-state index is 0.290. The van der Waals surface area contributed by atoms with Crippen molar-refractivity contribution in [3.63, 3.8) is 0 Å². The third kappa shape index (κ3) is 4.83. The first-order valence-electron chi connectivity index (χ1n) is 4.67. The van der Waals surface area contributed by atoms with Crippen molar-refractivity contribution >= 4 is 0 Å². The lowest BCUT2D eigenvalue weighted by Gasteiger charge is -2.06. The van der Waals surface area contributed by atoms with Gasteiger partial charge in [0.05, 0.1) is 12.0 Å². The van der Waals surface area contributed by atoms with Gasteiger partial charge in [0.25, 0.3) is 0 Å². The maximum absolute atomic E-state index is 12.0. The highest BCUT2D eigenvalue weighted by Gasteiger charge is 2.27. The molecular formula is C9H14F3N3. The summed E-state index contributed by atoms with van der Waals surface area (Å²) in [4.78, 5) is 3.87. The third-order valence-corrected chi connectivity index (χ3v) is 1.74. The summed E-state index contributed by atoms with van der Waals surface area (Å²) in [6.07, 6.45) is -1.59. The summed E-state index contributed by atoms with van der Waals surface area (Å²) in [6.45, 7) is 3.43. The Morgan fingerprint density at radius 1 is 1.47 bits per heavy atom. The van der Waals surface area contributed by atoms with E-state index in [1.165, 1.54) is 12.5 Å². The van der Waals surface area contributed by atoms with E-state index >= 15 is 0 Å². The van der Waals surface area contributed by atoms with Crippen LogP contribution in [0.4, 0.5) is 13.2 Å². The zero-order chi connectivity index (χ0) is 11.5. The molecule has 0 atom stereocenters. The Morgan fingerprint density at radius 2 is 2.13 bits per heavy atom. The van der Waals surface area contributed by atoms with E-state index in [0.717, 1.165) is 4.57 Å². The van der Waals surface area contributed by atoms with Gasteiger partial charge in [-0.05, 0) is 0 Å². The van der Waals surface area contributed by atoms with Gasteiger partial charge in [0.2, 0.25) is 0 Å². The Kier molecular flexibility index (Phi) is 3.73.